The van der Waals surface area contributed by atoms with Crippen molar-refractivity contribution in [2.24, 2.45) is 5.92 Å². The molecular formula is C31H44O. The Labute approximate surface area is 197 Å². The Kier molecular flexibility index (Phi) is 10.6. The van der Waals surface area contributed by atoms with Gasteiger partial charge in [-0.3, -0.25) is 0 Å². The van der Waals surface area contributed by atoms with Gasteiger partial charge in [0.25, 0.3) is 0 Å². The van der Waals surface area contributed by atoms with Crippen LogP contribution < -0.4 is 0 Å². The van der Waals surface area contributed by atoms with Gasteiger partial charge < -0.3 is 4.74 Å². The molecule has 1 fully saturated rings. The van der Waals surface area contributed by atoms with E-state index in [9.17, 15) is 0 Å². The maximum absolute atomic E-state index is 5.58. The summed E-state index contributed by atoms with van der Waals surface area (Å²) in [4.78, 5) is 0. The minimum absolute atomic E-state index is 0.236. The van der Waals surface area contributed by atoms with Crippen molar-refractivity contribution in [1.29, 1.82) is 0 Å². The van der Waals surface area contributed by atoms with Crippen LogP contribution in [0.15, 0.2) is 54.6 Å². The van der Waals surface area contributed by atoms with Gasteiger partial charge in [-0.2, -0.15) is 0 Å². The van der Waals surface area contributed by atoms with Crippen molar-refractivity contribution < 1.29 is 4.74 Å². The number of methoxy groups -OCH3 is 1. The summed E-state index contributed by atoms with van der Waals surface area (Å²) >= 11 is 0. The molecule has 0 aromatic heterocycles. The Morgan fingerprint density at radius 1 is 0.906 bits per heavy atom. The molecule has 1 aliphatic rings. The smallest absolute Gasteiger partial charge is 0.0818 e. The first-order chi connectivity index (χ1) is 15.7. The van der Waals surface area contributed by atoms with Crippen molar-refractivity contribution in [1.82, 2.24) is 0 Å². The highest BCUT2D eigenvalue weighted by Crippen LogP contribution is 2.38. The lowest BCUT2D eigenvalue weighted by Crippen LogP contribution is -2.13. The van der Waals surface area contributed by atoms with Crippen LogP contribution in [0.5, 0.6) is 0 Å². The summed E-state index contributed by atoms with van der Waals surface area (Å²) in [6.07, 6.45) is 19.0. The van der Waals surface area contributed by atoms with Gasteiger partial charge in [0.15, 0.2) is 0 Å². The lowest BCUT2D eigenvalue weighted by Gasteiger charge is -2.29. The summed E-state index contributed by atoms with van der Waals surface area (Å²) in [7, 11) is 1.81. The molecule has 0 heterocycles. The molecule has 0 bridgehead atoms. The quantitative estimate of drug-likeness (QED) is 0.304. The Morgan fingerprint density at radius 2 is 1.62 bits per heavy atom. The zero-order valence-electron chi connectivity index (χ0n) is 20.7. The van der Waals surface area contributed by atoms with E-state index in [1.165, 1.54) is 86.5 Å². The molecule has 1 aliphatic carbocycles. The number of allylic oxidation sites excluding steroid dienone is 1. The van der Waals surface area contributed by atoms with E-state index in [1.54, 1.807) is 0 Å². The van der Waals surface area contributed by atoms with E-state index in [2.05, 4.69) is 74.5 Å². The Morgan fingerprint density at radius 3 is 2.25 bits per heavy atom. The minimum Gasteiger partial charge on any atom is -0.377 e. The van der Waals surface area contributed by atoms with Gasteiger partial charge in [0.05, 0.1) is 6.10 Å². The van der Waals surface area contributed by atoms with E-state index in [1.807, 2.05) is 7.11 Å². The molecule has 0 aliphatic heterocycles. The van der Waals surface area contributed by atoms with Crippen LogP contribution in [-0.4, -0.2) is 7.11 Å². The molecule has 0 spiro atoms. The summed E-state index contributed by atoms with van der Waals surface area (Å²) in [5, 5.41) is 0. The van der Waals surface area contributed by atoms with Crippen LogP contribution in [-0.2, 0) is 11.2 Å². The highest BCUT2D eigenvalue weighted by atomic mass is 16.5. The molecule has 1 atom stereocenters. The van der Waals surface area contributed by atoms with E-state index < -0.39 is 0 Å². The predicted molar refractivity (Wildman–Crippen MR) is 139 cm³/mol. The van der Waals surface area contributed by atoms with Crippen LogP contribution in [0, 0.1) is 5.92 Å². The van der Waals surface area contributed by atoms with E-state index in [0.717, 1.165) is 18.3 Å². The molecule has 1 unspecified atom stereocenters. The first-order valence-electron chi connectivity index (χ1n) is 13.1. The fraction of sp³-hybridized carbons (Fsp3) is 0.548. The largest absolute Gasteiger partial charge is 0.377 e. The van der Waals surface area contributed by atoms with E-state index in [-0.39, 0.29) is 6.10 Å². The highest BCUT2D eigenvalue weighted by Gasteiger charge is 2.22. The summed E-state index contributed by atoms with van der Waals surface area (Å²) in [6.45, 7) is 4.41. The zero-order valence-corrected chi connectivity index (χ0v) is 20.7. The predicted octanol–water partition coefficient (Wildman–Crippen LogP) is 9.28. The number of ether oxygens (including phenoxy) is 1. The van der Waals surface area contributed by atoms with Gasteiger partial charge >= 0.3 is 0 Å². The van der Waals surface area contributed by atoms with E-state index in [4.69, 9.17) is 4.74 Å². The first kappa shape index (κ1) is 24.8. The third-order valence-corrected chi connectivity index (χ3v) is 7.35. The summed E-state index contributed by atoms with van der Waals surface area (Å²) in [6, 6.07) is 18.5. The molecule has 2 aromatic rings. The van der Waals surface area contributed by atoms with Crippen LogP contribution in [0.2, 0.25) is 0 Å². The number of hydrogen-bond acceptors (Lipinski definition) is 1. The third kappa shape index (κ3) is 7.62. The van der Waals surface area contributed by atoms with Gasteiger partial charge in [-0.15, -0.1) is 0 Å². The van der Waals surface area contributed by atoms with E-state index >= 15 is 0 Å². The Hall–Kier alpha value is -1.86. The van der Waals surface area contributed by atoms with Crippen molar-refractivity contribution in [3.63, 3.8) is 0 Å². The fourth-order valence-electron chi connectivity index (χ4n) is 5.25. The van der Waals surface area contributed by atoms with Gasteiger partial charge in [0.2, 0.25) is 0 Å². The second-order valence-electron chi connectivity index (χ2n) is 9.70. The van der Waals surface area contributed by atoms with Crippen molar-refractivity contribution in [3.8, 4) is 0 Å². The average Bonchev–Trinajstić information content (AvgIpc) is 2.84. The molecule has 0 N–H and O–H groups in total. The normalized spacial score (nSPS) is 20.0. The molecule has 0 saturated heterocycles. The zero-order chi connectivity index (χ0) is 22.6. The summed E-state index contributed by atoms with van der Waals surface area (Å²) in [5.74, 6) is 1.70. The summed E-state index contributed by atoms with van der Waals surface area (Å²) < 4.78 is 5.58. The first-order valence-corrected chi connectivity index (χ1v) is 13.1. The number of unbranched alkanes of at least 4 members (excludes halogenated alkanes) is 2. The van der Waals surface area contributed by atoms with Crippen molar-refractivity contribution >= 4 is 6.08 Å². The number of hydrogen-bond donors (Lipinski definition) is 0. The average molecular weight is 433 g/mol. The van der Waals surface area contributed by atoms with Crippen molar-refractivity contribution in [2.45, 2.75) is 96.5 Å². The molecular weight excluding hydrogens is 388 g/mol. The van der Waals surface area contributed by atoms with E-state index in [0.29, 0.717) is 0 Å². The van der Waals surface area contributed by atoms with Gasteiger partial charge in [0.1, 0.15) is 0 Å². The molecule has 0 radical (unpaired) electrons. The molecule has 1 nitrogen and oxygen atoms in total. The van der Waals surface area contributed by atoms with Gasteiger partial charge in [0, 0.05) is 7.11 Å². The SMILES string of the molecule is CCC/C=C/c1ccc(CCCC[C@H]2CC[C@H](c3ccc(C(CC)OC)cc3)CC2)cc1. The van der Waals surface area contributed by atoms with Gasteiger partial charge in [-0.05, 0) is 85.5 Å². The third-order valence-electron chi connectivity index (χ3n) is 7.35. The molecule has 0 amide bonds. The molecule has 2 aromatic carbocycles. The lowest BCUT2D eigenvalue weighted by molar-refractivity contribution is 0.100. The van der Waals surface area contributed by atoms with Gasteiger partial charge in [-0.25, -0.2) is 0 Å². The van der Waals surface area contributed by atoms with Crippen molar-refractivity contribution in [2.75, 3.05) is 7.11 Å². The van der Waals surface area contributed by atoms with Crippen LogP contribution >= 0.6 is 0 Å². The van der Waals surface area contributed by atoms with Crippen LogP contribution in [0.4, 0.5) is 0 Å². The number of benzene rings is 2. The molecule has 1 heteroatoms. The number of rotatable bonds is 12. The van der Waals surface area contributed by atoms with Crippen molar-refractivity contribution in [3.05, 3.63) is 76.9 Å². The van der Waals surface area contributed by atoms with Gasteiger partial charge in [-0.1, -0.05) is 93.8 Å². The topological polar surface area (TPSA) is 9.23 Å². The van der Waals surface area contributed by atoms with Crippen LogP contribution in [0.25, 0.3) is 6.08 Å². The minimum atomic E-state index is 0.236. The molecule has 32 heavy (non-hydrogen) atoms. The Bertz CT molecular complexity index is 774. The van der Waals surface area contributed by atoms with Crippen LogP contribution in [0.1, 0.15) is 112 Å². The molecule has 174 valence electrons. The highest BCUT2D eigenvalue weighted by molar-refractivity contribution is 5.49. The number of aryl methyl sites for hydroxylation is 1. The second-order valence-corrected chi connectivity index (χ2v) is 9.70. The Balaban J connectivity index is 1.34. The maximum Gasteiger partial charge on any atom is 0.0818 e. The fourth-order valence-corrected chi connectivity index (χ4v) is 5.25. The summed E-state index contributed by atoms with van der Waals surface area (Å²) in [5.41, 5.74) is 5.67. The molecule has 3 rings (SSSR count). The maximum atomic E-state index is 5.58. The molecule has 1 saturated carbocycles. The lowest BCUT2D eigenvalue weighted by atomic mass is 9.77. The van der Waals surface area contributed by atoms with Crippen LogP contribution in [0.3, 0.4) is 0 Å². The standard InChI is InChI=1S/C31H44O/c1-4-6-7-10-25-13-15-26(16-14-25)11-8-9-12-27-17-19-28(20-18-27)29-21-23-30(24-22-29)31(5-2)32-3/h7,10,13-16,21-24,27-28,31H,4-6,8-9,11-12,17-20H2,1-3H3/b10-7+/t27-,28-,31?. The monoisotopic (exact) mass is 432 g/mol. The second kappa shape index (κ2) is 13.6.